The Kier molecular flexibility index (Phi) is 7.48. The van der Waals surface area contributed by atoms with Crippen molar-refractivity contribution in [2.75, 3.05) is 20.4 Å². The van der Waals surface area contributed by atoms with Crippen LogP contribution in [-0.4, -0.2) is 44.1 Å². The van der Waals surface area contributed by atoms with Gasteiger partial charge in [0.15, 0.2) is 0 Å². The van der Waals surface area contributed by atoms with E-state index in [0.29, 0.717) is 5.75 Å². The number of hydrogen-bond donors (Lipinski definition) is 1. The predicted octanol–water partition coefficient (Wildman–Crippen LogP) is 2.64. The summed E-state index contributed by atoms with van der Waals surface area (Å²) < 4.78 is 27.1. The molecule has 1 rings (SSSR count). The molecule has 0 spiro atoms. The van der Waals surface area contributed by atoms with Gasteiger partial charge >= 0.3 is 12.1 Å². The molecular formula is C17H24FNO5. The molecule has 7 heteroatoms. The summed E-state index contributed by atoms with van der Waals surface area (Å²) in [7, 11) is 1.25. The van der Waals surface area contributed by atoms with E-state index in [1.54, 1.807) is 45.0 Å². The first-order chi connectivity index (χ1) is 11.2. The van der Waals surface area contributed by atoms with E-state index in [-0.39, 0.29) is 13.0 Å². The SMILES string of the molecule is COC(=O)C(Cc1ccc(OCCF)cc1)NC(=O)OC(C)(C)C. The van der Waals surface area contributed by atoms with Crippen LogP contribution in [0.15, 0.2) is 24.3 Å². The molecular weight excluding hydrogens is 317 g/mol. The smallest absolute Gasteiger partial charge is 0.408 e. The molecule has 0 radical (unpaired) electrons. The first-order valence-electron chi connectivity index (χ1n) is 7.60. The Balaban J connectivity index is 2.72. The molecule has 0 aliphatic heterocycles. The van der Waals surface area contributed by atoms with Crippen LogP contribution in [0.2, 0.25) is 0 Å². The molecule has 0 bridgehead atoms. The fourth-order valence-corrected chi connectivity index (χ4v) is 1.90. The summed E-state index contributed by atoms with van der Waals surface area (Å²) in [5.74, 6) is -0.0373. The van der Waals surface area contributed by atoms with Crippen LogP contribution in [0.5, 0.6) is 5.75 Å². The molecule has 0 saturated carbocycles. The summed E-state index contributed by atoms with van der Waals surface area (Å²) in [4.78, 5) is 23.7. The first kappa shape index (κ1) is 19.7. The molecule has 0 aliphatic rings. The Hall–Kier alpha value is -2.31. The van der Waals surface area contributed by atoms with Crippen LogP contribution in [0.4, 0.5) is 9.18 Å². The molecule has 0 heterocycles. The highest BCUT2D eigenvalue weighted by Crippen LogP contribution is 2.14. The van der Waals surface area contributed by atoms with Crippen LogP contribution in [0, 0.1) is 0 Å². The Morgan fingerprint density at radius 1 is 1.21 bits per heavy atom. The Labute approximate surface area is 141 Å². The van der Waals surface area contributed by atoms with Gasteiger partial charge in [0, 0.05) is 6.42 Å². The van der Waals surface area contributed by atoms with Gasteiger partial charge in [-0.25, -0.2) is 14.0 Å². The number of rotatable bonds is 7. The van der Waals surface area contributed by atoms with Gasteiger partial charge in [0.25, 0.3) is 0 Å². The van der Waals surface area contributed by atoms with Crippen LogP contribution in [-0.2, 0) is 20.7 Å². The highest BCUT2D eigenvalue weighted by Gasteiger charge is 2.25. The van der Waals surface area contributed by atoms with Gasteiger partial charge in [-0.3, -0.25) is 0 Å². The summed E-state index contributed by atoms with van der Waals surface area (Å²) in [5, 5.41) is 2.51. The van der Waals surface area contributed by atoms with Gasteiger partial charge in [-0.2, -0.15) is 0 Å². The van der Waals surface area contributed by atoms with Gasteiger partial charge in [0.1, 0.15) is 30.7 Å². The predicted molar refractivity (Wildman–Crippen MR) is 86.8 cm³/mol. The number of benzene rings is 1. The molecule has 1 aromatic rings. The topological polar surface area (TPSA) is 73.9 Å². The standard InChI is InChI=1S/C17H24FNO5/c1-17(2,3)24-16(21)19-14(15(20)22-4)11-12-5-7-13(8-6-12)23-10-9-18/h5-8,14H,9-11H2,1-4H3,(H,19,21). The van der Waals surface area contributed by atoms with E-state index in [4.69, 9.17) is 14.2 Å². The van der Waals surface area contributed by atoms with E-state index in [1.807, 2.05) is 0 Å². The summed E-state index contributed by atoms with van der Waals surface area (Å²) in [6.45, 7) is 4.62. The molecule has 0 aliphatic carbocycles. The van der Waals surface area contributed by atoms with E-state index in [2.05, 4.69) is 5.32 Å². The van der Waals surface area contributed by atoms with Gasteiger partial charge < -0.3 is 19.5 Å². The number of ether oxygens (including phenoxy) is 3. The van der Waals surface area contributed by atoms with E-state index in [1.165, 1.54) is 7.11 Å². The molecule has 1 atom stereocenters. The van der Waals surface area contributed by atoms with E-state index in [9.17, 15) is 14.0 Å². The molecule has 0 saturated heterocycles. The van der Waals surface area contributed by atoms with Crippen LogP contribution in [0.1, 0.15) is 26.3 Å². The first-order valence-corrected chi connectivity index (χ1v) is 7.60. The maximum atomic E-state index is 12.1. The number of amides is 1. The number of hydrogen-bond acceptors (Lipinski definition) is 5. The van der Waals surface area contributed by atoms with E-state index < -0.39 is 30.4 Å². The number of esters is 1. The lowest BCUT2D eigenvalue weighted by atomic mass is 10.1. The molecule has 6 nitrogen and oxygen atoms in total. The third kappa shape index (κ3) is 7.30. The lowest BCUT2D eigenvalue weighted by Gasteiger charge is -2.22. The highest BCUT2D eigenvalue weighted by atomic mass is 19.1. The number of carbonyl (C=O) groups is 2. The van der Waals surface area contributed by atoms with Crippen molar-refractivity contribution in [1.82, 2.24) is 5.32 Å². The molecule has 0 fully saturated rings. The monoisotopic (exact) mass is 341 g/mol. The Morgan fingerprint density at radius 3 is 2.33 bits per heavy atom. The van der Waals surface area contributed by atoms with Crippen molar-refractivity contribution >= 4 is 12.1 Å². The number of halogens is 1. The number of carbonyl (C=O) groups excluding carboxylic acids is 2. The third-order valence-corrected chi connectivity index (χ3v) is 2.89. The van der Waals surface area contributed by atoms with Gasteiger partial charge in [0.2, 0.25) is 0 Å². The van der Waals surface area contributed by atoms with Crippen molar-refractivity contribution in [3.63, 3.8) is 0 Å². The molecule has 134 valence electrons. The minimum atomic E-state index is -0.873. The lowest BCUT2D eigenvalue weighted by molar-refractivity contribution is -0.143. The second-order valence-corrected chi connectivity index (χ2v) is 6.11. The average molecular weight is 341 g/mol. The van der Waals surface area contributed by atoms with Crippen molar-refractivity contribution < 1.29 is 28.2 Å². The highest BCUT2D eigenvalue weighted by molar-refractivity contribution is 5.81. The molecule has 24 heavy (non-hydrogen) atoms. The fraction of sp³-hybridized carbons (Fsp3) is 0.529. The molecule has 1 N–H and O–H groups in total. The number of alkyl carbamates (subject to hydrolysis) is 1. The largest absolute Gasteiger partial charge is 0.491 e. The van der Waals surface area contributed by atoms with Gasteiger partial charge in [-0.05, 0) is 38.5 Å². The molecule has 1 unspecified atom stereocenters. The summed E-state index contributed by atoms with van der Waals surface area (Å²) in [6.07, 6.45) is -0.462. The summed E-state index contributed by atoms with van der Waals surface area (Å²) in [5.41, 5.74) is 0.120. The summed E-state index contributed by atoms with van der Waals surface area (Å²) in [6, 6.07) is 5.95. The minimum absolute atomic E-state index is 0.00959. The zero-order chi connectivity index (χ0) is 18.2. The Morgan fingerprint density at radius 2 is 1.83 bits per heavy atom. The van der Waals surface area contributed by atoms with Crippen LogP contribution >= 0.6 is 0 Å². The zero-order valence-electron chi connectivity index (χ0n) is 14.4. The Bertz CT molecular complexity index is 539. The lowest BCUT2D eigenvalue weighted by Crippen LogP contribution is -2.45. The molecule has 1 aromatic carbocycles. The van der Waals surface area contributed by atoms with Crippen molar-refractivity contribution in [2.45, 2.75) is 38.8 Å². The number of alkyl halides is 1. The van der Waals surface area contributed by atoms with Crippen molar-refractivity contribution in [3.05, 3.63) is 29.8 Å². The minimum Gasteiger partial charge on any atom is -0.491 e. The van der Waals surface area contributed by atoms with Crippen molar-refractivity contribution in [1.29, 1.82) is 0 Å². The van der Waals surface area contributed by atoms with Crippen LogP contribution in [0.3, 0.4) is 0 Å². The van der Waals surface area contributed by atoms with E-state index in [0.717, 1.165) is 5.56 Å². The third-order valence-electron chi connectivity index (χ3n) is 2.89. The van der Waals surface area contributed by atoms with Crippen LogP contribution in [0.25, 0.3) is 0 Å². The fourth-order valence-electron chi connectivity index (χ4n) is 1.90. The number of nitrogens with one attached hydrogen (secondary N) is 1. The van der Waals surface area contributed by atoms with Crippen LogP contribution < -0.4 is 10.1 Å². The summed E-state index contributed by atoms with van der Waals surface area (Å²) >= 11 is 0. The van der Waals surface area contributed by atoms with Gasteiger partial charge in [0.05, 0.1) is 7.11 Å². The number of methoxy groups -OCH3 is 1. The zero-order valence-corrected chi connectivity index (χ0v) is 14.4. The average Bonchev–Trinajstić information content (AvgIpc) is 2.51. The normalized spacial score (nSPS) is 12.2. The van der Waals surface area contributed by atoms with Gasteiger partial charge in [-0.1, -0.05) is 12.1 Å². The van der Waals surface area contributed by atoms with Gasteiger partial charge in [-0.15, -0.1) is 0 Å². The van der Waals surface area contributed by atoms with Crippen molar-refractivity contribution in [3.8, 4) is 5.75 Å². The second-order valence-electron chi connectivity index (χ2n) is 6.11. The second kappa shape index (κ2) is 9.10. The molecule has 1 amide bonds. The quantitative estimate of drug-likeness (QED) is 0.772. The maximum Gasteiger partial charge on any atom is 0.408 e. The molecule has 0 aromatic heterocycles. The van der Waals surface area contributed by atoms with Crippen molar-refractivity contribution in [2.24, 2.45) is 0 Å². The maximum absolute atomic E-state index is 12.1. The van der Waals surface area contributed by atoms with E-state index >= 15 is 0 Å².